The molecule has 0 aliphatic carbocycles. The van der Waals surface area contributed by atoms with Crippen LogP contribution in [0.4, 0.5) is 0 Å². The Bertz CT molecular complexity index is 453. The second kappa shape index (κ2) is 6.84. The van der Waals surface area contributed by atoms with Gasteiger partial charge in [0, 0.05) is 24.5 Å². The average Bonchev–Trinajstić information content (AvgIpc) is 2.72. The largest absolute Gasteiger partial charge is 0.309 e. The zero-order chi connectivity index (χ0) is 13.6. The SMILES string of the molecule is CCCS(=O)(=O)CCn1cc(CNC(C)C)nn1. The van der Waals surface area contributed by atoms with Crippen molar-refractivity contribution >= 4 is 9.84 Å². The number of nitrogens with one attached hydrogen (secondary N) is 1. The van der Waals surface area contributed by atoms with Gasteiger partial charge in [-0.1, -0.05) is 26.0 Å². The summed E-state index contributed by atoms with van der Waals surface area (Å²) in [6.07, 6.45) is 2.44. The molecule has 0 amide bonds. The Kier molecular flexibility index (Phi) is 5.74. The second-order valence-electron chi connectivity index (χ2n) is 4.66. The molecule has 0 radical (unpaired) electrons. The van der Waals surface area contributed by atoms with Crippen LogP contribution in [0.2, 0.25) is 0 Å². The van der Waals surface area contributed by atoms with Gasteiger partial charge in [0.1, 0.15) is 0 Å². The molecule has 0 saturated carbocycles. The highest BCUT2D eigenvalue weighted by atomic mass is 32.2. The zero-order valence-electron chi connectivity index (χ0n) is 11.3. The fourth-order valence-corrected chi connectivity index (χ4v) is 2.77. The smallest absolute Gasteiger partial charge is 0.152 e. The lowest BCUT2D eigenvalue weighted by atomic mass is 10.3. The van der Waals surface area contributed by atoms with Crippen LogP contribution in [0.3, 0.4) is 0 Å². The molecule has 0 unspecified atom stereocenters. The Labute approximate surface area is 109 Å². The number of hydrogen-bond acceptors (Lipinski definition) is 5. The van der Waals surface area contributed by atoms with Crippen molar-refractivity contribution in [2.45, 2.75) is 46.3 Å². The summed E-state index contributed by atoms with van der Waals surface area (Å²) in [6, 6.07) is 0.389. The molecular weight excluding hydrogens is 252 g/mol. The van der Waals surface area contributed by atoms with Gasteiger partial charge in [-0.05, 0) is 6.42 Å². The molecule has 6 nitrogen and oxygen atoms in total. The van der Waals surface area contributed by atoms with E-state index in [0.717, 1.165) is 5.69 Å². The predicted molar refractivity (Wildman–Crippen MR) is 70.9 cm³/mol. The van der Waals surface area contributed by atoms with Gasteiger partial charge in [0.15, 0.2) is 9.84 Å². The topological polar surface area (TPSA) is 76.9 Å². The van der Waals surface area contributed by atoms with Gasteiger partial charge in [0.2, 0.25) is 0 Å². The molecule has 18 heavy (non-hydrogen) atoms. The summed E-state index contributed by atoms with van der Waals surface area (Å²) in [5.41, 5.74) is 0.830. The van der Waals surface area contributed by atoms with Gasteiger partial charge in [-0.2, -0.15) is 0 Å². The van der Waals surface area contributed by atoms with Crippen LogP contribution in [0, 0.1) is 0 Å². The first-order chi connectivity index (χ1) is 8.43. The maximum absolute atomic E-state index is 11.6. The van der Waals surface area contributed by atoms with E-state index in [4.69, 9.17) is 0 Å². The molecule has 7 heteroatoms. The monoisotopic (exact) mass is 274 g/mol. The van der Waals surface area contributed by atoms with Crippen molar-refractivity contribution in [1.82, 2.24) is 20.3 Å². The average molecular weight is 274 g/mol. The standard InChI is InChI=1S/C11H22N4O2S/c1-4-6-18(16,17)7-5-15-9-11(13-14-15)8-12-10(2)3/h9-10,12H,4-8H2,1-3H3. The summed E-state index contributed by atoms with van der Waals surface area (Å²) < 4.78 is 24.7. The van der Waals surface area contributed by atoms with Gasteiger partial charge in [-0.3, -0.25) is 4.68 Å². The molecule has 0 spiro atoms. The lowest BCUT2D eigenvalue weighted by Gasteiger charge is -2.04. The fourth-order valence-electron chi connectivity index (χ4n) is 1.48. The molecule has 1 aromatic rings. The van der Waals surface area contributed by atoms with E-state index in [1.165, 1.54) is 0 Å². The minimum atomic E-state index is -2.95. The van der Waals surface area contributed by atoms with E-state index in [9.17, 15) is 8.42 Å². The number of aryl methyl sites for hydroxylation is 1. The maximum Gasteiger partial charge on any atom is 0.152 e. The molecule has 0 fully saturated rings. The molecule has 0 saturated heterocycles. The molecule has 1 heterocycles. The van der Waals surface area contributed by atoms with Gasteiger partial charge in [0.05, 0.1) is 18.0 Å². The van der Waals surface area contributed by atoms with E-state index in [1.807, 2.05) is 6.92 Å². The normalized spacial score (nSPS) is 12.2. The number of rotatable bonds is 8. The van der Waals surface area contributed by atoms with E-state index >= 15 is 0 Å². The van der Waals surface area contributed by atoms with Crippen molar-refractivity contribution in [3.8, 4) is 0 Å². The summed E-state index contributed by atoms with van der Waals surface area (Å²) in [7, 11) is -2.95. The Morgan fingerprint density at radius 2 is 2.11 bits per heavy atom. The lowest BCUT2D eigenvalue weighted by Crippen LogP contribution is -2.22. The third-order valence-corrected chi connectivity index (χ3v) is 4.26. The van der Waals surface area contributed by atoms with Crippen molar-refractivity contribution in [2.75, 3.05) is 11.5 Å². The predicted octanol–water partition coefficient (Wildman–Crippen LogP) is 0.601. The van der Waals surface area contributed by atoms with Crippen LogP contribution >= 0.6 is 0 Å². The lowest BCUT2D eigenvalue weighted by molar-refractivity contribution is 0.573. The van der Waals surface area contributed by atoms with Crippen LogP contribution < -0.4 is 5.32 Å². The van der Waals surface area contributed by atoms with Crippen molar-refractivity contribution in [1.29, 1.82) is 0 Å². The first-order valence-electron chi connectivity index (χ1n) is 6.25. The molecular formula is C11H22N4O2S. The highest BCUT2D eigenvalue weighted by Gasteiger charge is 2.10. The number of sulfone groups is 1. The second-order valence-corrected chi connectivity index (χ2v) is 6.96. The summed E-state index contributed by atoms with van der Waals surface area (Å²) in [4.78, 5) is 0. The number of hydrogen-bond donors (Lipinski definition) is 1. The van der Waals surface area contributed by atoms with Crippen LogP contribution in [0.25, 0.3) is 0 Å². The van der Waals surface area contributed by atoms with Crippen molar-refractivity contribution < 1.29 is 8.42 Å². The van der Waals surface area contributed by atoms with Crippen molar-refractivity contribution in [3.63, 3.8) is 0 Å². The Balaban J connectivity index is 2.44. The Hall–Kier alpha value is -0.950. The van der Waals surface area contributed by atoms with Crippen LogP contribution in [-0.2, 0) is 22.9 Å². The highest BCUT2D eigenvalue weighted by molar-refractivity contribution is 7.91. The first-order valence-corrected chi connectivity index (χ1v) is 8.08. The van der Waals surface area contributed by atoms with Crippen LogP contribution in [0.5, 0.6) is 0 Å². The number of nitrogens with zero attached hydrogens (tertiary/aromatic N) is 3. The Morgan fingerprint density at radius 3 is 2.72 bits per heavy atom. The molecule has 104 valence electrons. The highest BCUT2D eigenvalue weighted by Crippen LogP contribution is 1.98. The van der Waals surface area contributed by atoms with E-state index in [-0.39, 0.29) is 11.5 Å². The van der Waals surface area contributed by atoms with E-state index in [0.29, 0.717) is 25.6 Å². The molecule has 0 aliphatic heterocycles. The summed E-state index contributed by atoms with van der Waals surface area (Å²) in [6.45, 7) is 7.00. The fraction of sp³-hybridized carbons (Fsp3) is 0.818. The van der Waals surface area contributed by atoms with Crippen LogP contribution in [0.1, 0.15) is 32.9 Å². The van der Waals surface area contributed by atoms with Crippen molar-refractivity contribution in [3.05, 3.63) is 11.9 Å². The quantitative estimate of drug-likeness (QED) is 0.751. The van der Waals surface area contributed by atoms with Crippen LogP contribution in [-0.4, -0.2) is 41.0 Å². The van der Waals surface area contributed by atoms with E-state index < -0.39 is 9.84 Å². The summed E-state index contributed by atoms with van der Waals surface area (Å²) in [5.74, 6) is 0.366. The molecule has 1 N–H and O–H groups in total. The number of aromatic nitrogens is 3. The van der Waals surface area contributed by atoms with Crippen LogP contribution in [0.15, 0.2) is 6.20 Å². The third kappa shape index (κ3) is 5.59. The van der Waals surface area contributed by atoms with Gasteiger partial charge in [-0.15, -0.1) is 5.10 Å². The molecule has 0 aromatic carbocycles. The first kappa shape index (κ1) is 15.1. The molecule has 1 rings (SSSR count). The molecule has 0 bridgehead atoms. The van der Waals surface area contributed by atoms with Gasteiger partial charge >= 0.3 is 0 Å². The van der Waals surface area contributed by atoms with E-state index in [2.05, 4.69) is 29.5 Å². The molecule has 0 aliphatic rings. The van der Waals surface area contributed by atoms with Crippen molar-refractivity contribution in [2.24, 2.45) is 0 Å². The summed E-state index contributed by atoms with van der Waals surface area (Å²) in [5, 5.41) is 11.1. The summed E-state index contributed by atoms with van der Waals surface area (Å²) >= 11 is 0. The molecule has 1 aromatic heterocycles. The Morgan fingerprint density at radius 1 is 1.39 bits per heavy atom. The van der Waals surface area contributed by atoms with Gasteiger partial charge in [0.25, 0.3) is 0 Å². The van der Waals surface area contributed by atoms with Gasteiger partial charge < -0.3 is 5.32 Å². The third-order valence-electron chi connectivity index (χ3n) is 2.42. The van der Waals surface area contributed by atoms with E-state index in [1.54, 1.807) is 10.9 Å². The molecule has 0 atom stereocenters. The minimum Gasteiger partial charge on any atom is -0.309 e. The zero-order valence-corrected chi connectivity index (χ0v) is 12.1. The minimum absolute atomic E-state index is 0.126. The van der Waals surface area contributed by atoms with Gasteiger partial charge in [-0.25, -0.2) is 8.42 Å². The maximum atomic E-state index is 11.6.